The lowest BCUT2D eigenvalue weighted by molar-refractivity contribution is -0.166. The van der Waals surface area contributed by atoms with Gasteiger partial charge >= 0.3 is 0 Å². The lowest BCUT2D eigenvalue weighted by atomic mass is 9.76. The summed E-state index contributed by atoms with van der Waals surface area (Å²) in [5.41, 5.74) is 4.39. The summed E-state index contributed by atoms with van der Waals surface area (Å²) in [6.07, 6.45) is 0.890. The van der Waals surface area contributed by atoms with E-state index in [4.69, 9.17) is 0 Å². The zero-order valence-corrected chi connectivity index (χ0v) is 19.3. The van der Waals surface area contributed by atoms with E-state index < -0.39 is 5.54 Å². The largest absolute Gasteiger partial charge is 0.356 e. The fourth-order valence-corrected chi connectivity index (χ4v) is 5.37. The van der Waals surface area contributed by atoms with Crippen molar-refractivity contribution < 1.29 is 9.59 Å². The van der Waals surface area contributed by atoms with Crippen molar-refractivity contribution in [2.45, 2.75) is 45.6 Å². The van der Waals surface area contributed by atoms with E-state index in [2.05, 4.69) is 62.2 Å². The monoisotopic (exact) mass is 429 g/mol. The first-order valence-corrected chi connectivity index (χ1v) is 11.6. The zero-order chi connectivity index (χ0) is 22.6. The number of fused-ring (bicyclic) bond motifs is 5. The zero-order valence-electron chi connectivity index (χ0n) is 19.3. The molecule has 1 saturated heterocycles. The van der Waals surface area contributed by atoms with Gasteiger partial charge in [0, 0.05) is 29.9 Å². The average molecular weight is 430 g/mol. The number of nitrogens with zero attached hydrogens (tertiary/aromatic N) is 2. The Kier molecular flexibility index (Phi) is 4.88. The molecule has 2 atom stereocenters. The molecular formula is C27H31N3O2. The van der Waals surface area contributed by atoms with E-state index in [-0.39, 0.29) is 24.3 Å². The van der Waals surface area contributed by atoms with Crippen LogP contribution >= 0.6 is 0 Å². The van der Waals surface area contributed by atoms with E-state index >= 15 is 0 Å². The first-order valence-electron chi connectivity index (χ1n) is 11.6. The molecule has 5 rings (SSSR count). The highest BCUT2D eigenvalue weighted by molar-refractivity contribution is 6.01. The van der Waals surface area contributed by atoms with E-state index in [0.717, 1.165) is 28.6 Å². The average Bonchev–Trinajstić information content (AvgIpc) is 3.17. The Balaban J connectivity index is 1.69. The maximum absolute atomic E-state index is 13.9. The second kappa shape index (κ2) is 7.51. The van der Waals surface area contributed by atoms with Crippen molar-refractivity contribution >= 4 is 22.7 Å². The number of aromatic nitrogens is 1. The molecule has 0 bridgehead atoms. The first kappa shape index (κ1) is 20.8. The van der Waals surface area contributed by atoms with E-state index in [1.165, 1.54) is 11.1 Å². The summed E-state index contributed by atoms with van der Waals surface area (Å²) in [7, 11) is 0. The van der Waals surface area contributed by atoms with Crippen LogP contribution in [-0.2, 0) is 15.1 Å². The number of carbonyl (C=O) groups excluding carboxylic acids is 2. The van der Waals surface area contributed by atoms with Crippen LogP contribution in [0, 0.1) is 12.8 Å². The van der Waals surface area contributed by atoms with Gasteiger partial charge in [0.05, 0.1) is 12.2 Å². The Morgan fingerprint density at radius 1 is 1.09 bits per heavy atom. The summed E-state index contributed by atoms with van der Waals surface area (Å²) < 4.78 is 0. The SMILES string of the molecule is Cc1ccc([C@H]2CN3C(=O)CN(CCC(C)C)C(=O)[C@@]3(C)c3[nH]c4ccccc4c32)cc1. The van der Waals surface area contributed by atoms with E-state index in [9.17, 15) is 9.59 Å². The number of amides is 2. The molecule has 0 radical (unpaired) electrons. The molecule has 3 aromatic rings. The number of nitrogens with one attached hydrogen (secondary N) is 1. The molecule has 2 amide bonds. The van der Waals surface area contributed by atoms with Crippen LogP contribution in [0.5, 0.6) is 0 Å². The molecule has 2 aromatic carbocycles. The van der Waals surface area contributed by atoms with Gasteiger partial charge in [-0.2, -0.15) is 0 Å². The molecule has 5 nitrogen and oxygen atoms in total. The Bertz CT molecular complexity index is 1190. The Morgan fingerprint density at radius 3 is 2.53 bits per heavy atom. The van der Waals surface area contributed by atoms with Crippen LogP contribution in [0.25, 0.3) is 10.9 Å². The van der Waals surface area contributed by atoms with Crippen molar-refractivity contribution in [1.82, 2.24) is 14.8 Å². The second-order valence-corrected chi connectivity index (χ2v) is 9.91. The highest BCUT2D eigenvalue weighted by atomic mass is 16.2. The van der Waals surface area contributed by atoms with Gasteiger partial charge in [0.1, 0.15) is 0 Å². The number of hydrogen-bond acceptors (Lipinski definition) is 2. The minimum Gasteiger partial charge on any atom is -0.356 e. The van der Waals surface area contributed by atoms with Crippen molar-refractivity contribution in [3.8, 4) is 0 Å². The number of piperazine rings is 1. The smallest absolute Gasteiger partial charge is 0.254 e. The van der Waals surface area contributed by atoms with Crippen LogP contribution in [-0.4, -0.2) is 46.2 Å². The van der Waals surface area contributed by atoms with Crippen molar-refractivity contribution in [2.24, 2.45) is 5.92 Å². The lowest BCUT2D eigenvalue weighted by Crippen LogP contribution is -2.67. The molecule has 1 N–H and O–H groups in total. The summed E-state index contributed by atoms with van der Waals surface area (Å²) in [5, 5.41) is 1.13. The third kappa shape index (κ3) is 3.06. The third-order valence-electron chi connectivity index (χ3n) is 7.27. The van der Waals surface area contributed by atoms with Crippen molar-refractivity contribution in [3.05, 3.63) is 70.9 Å². The van der Waals surface area contributed by atoms with Gasteiger partial charge < -0.3 is 14.8 Å². The number of aromatic amines is 1. The number of hydrogen-bond donors (Lipinski definition) is 1. The summed E-state index contributed by atoms with van der Waals surface area (Å²) in [5.74, 6) is 0.545. The van der Waals surface area contributed by atoms with Crippen LogP contribution in [0.1, 0.15) is 55.5 Å². The number of H-pyrrole nitrogens is 1. The summed E-state index contributed by atoms with van der Waals surface area (Å²) >= 11 is 0. The van der Waals surface area contributed by atoms with Gasteiger partial charge in [-0.05, 0) is 43.4 Å². The molecule has 1 aromatic heterocycles. The van der Waals surface area contributed by atoms with Gasteiger partial charge in [-0.25, -0.2) is 0 Å². The van der Waals surface area contributed by atoms with Crippen molar-refractivity contribution in [2.75, 3.05) is 19.6 Å². The Morgan fingerprint density at radius 2 is 1.81 bits per heavy atom. The summed E-state index contributed by atoms with van der Waals surface area (Å²) in [6, 6.07) is 16.8. The van der Waals surface area contributed by atoms with Gasteiger partial charge in [0.15, 0.2) is 5.54 Å². The molecule has 2 aliphatic rings. The molecule has 3 heterocycles. The molecule has 0 saturated carbocycles. The molecule has 166 valence electrons. The number of para-hydroxylation sites is 1. The topological polar surface area (TPSA) is 56.4 Å². The predicted molar refractivity (Wildman–Crippen MR) is 126 cm³/mol. The van der Waals surface area contributed by atoms with Gasteiger partial charge in [-0.1, -0.05) is 61.9 Å². The number of carbonyl (C=O) groups is 2. The fourth-order valence-electron chi connectivity index (χ4n) is 5.37. The highest BCUT2D eigenvalue weighted by Crippen LogP contribution is 2.48. The number of rotatable bonds is 4. The maximum Gasteiger partial charge on any atom is 0.254 e. The molecule has 0 unspecified atom stereocenters. The van der Waals surface area contributed by atoms with Crippen LogP contribution in [0.4, 0.5) is 0 Å². The molecule has 32 heavy (non-hydrogen) atoms. The molecule has 1 fully saturated rings. The van der Waals surface area contributed by atoms with Crippen LogP contribution in [0.15, 0.2) is 48.5 Å². The molecule has 0 spiro atoms. The summed E-state index contributed by atoms with van der Waals surface area (Å²) in [4.78, 5) is 34.4. The standard InChI is InChI=1S/C27H31N3O2/c1-17(2)13-14-29-16-23(31)30-15-21(19-11-9-18(3)10-12-19)24-20-7-5-6-8-22(20)28-25(24)27(30,4)26(29)32/h5-12,17,21,28H,13-16H2,1-4H3/t21-,27-/m1/s1. The Hall–Kier alpha value is -3.08. The van der Waals surface area contributed by atoms with Crippen LogP contribution in [0.3, 0.4) is 0 Å². The van der Waals surface area contributed by atoms with Crippen molar-refractivity contribution in [1.29, 1.82) is 0 Å². The Labute approximate surface area is 189 Å². The van der Waals surface area contributed by atoms with Crippen LogP contribution < -0.4 is 0 Å². The molecule has 5 heteroatoms. The third-order valence-corrected chi connectivity index (χ3v) is 7.27. The number of benzene rings is 2. The normalized spacial score (nSPS) is 23.1. The highest BCUT2D eigenvalue weighted by Gasteiger charge is 2.56. The van der Waals surface area contributed by atoms with Gasteiger partial charge in [0.25, 0.3) is 5.91 Å². The minimum atomic E-state index is -1.01. The van der Waals surface area contributed by atoms with Gasteiger partial charge in [-0.3, -0.25) is 9.59 Å². The maximum atomic E-state index is 13.9. The van der Waals surface area contributed by atoms with E-state index in [1.807, 2.05) is 24.0 Å². The van der Waals surface area contributed by atoms with E-state index in [1.54, 1.807) is 4.90 Å². The predicted octanol–water partition coefficient (Wildman–Crippen LogP) is 4.55. The van der Waals surface area contributed by atoms with E-state index in [0.29, 0.717) is 19.0 Å². The lowest BCUT2D eigenvalue weighted by Gasteiger charge is -2.51. The molecule has 2 aliphatic heterocycles. The number of aryl methyl sites for hydroxylation is 1. The van der Waals surface area contributed by atoms with Crippen LogP contribution in [0.2, 0.25) is 0 Å². The first-order chi connectivity index (χ1) is 15.3. The second-order valence-electron chi connectivity index (χ2n) is 9.91. The molecular weight excluding hydrogens is 398 g/mol. The van der Waals surface area contributed by atoms with Crippen molar-refractivity contribution in [3.63, 3.8) is 0 Å². The molecule has 0 aliphatic carbocycles. The fraction of sp³-hybridized carbons (Fsp3) is 0.407. The van der Waals surface area contributed by atoms with Gasteiger partial charge in [0.2, 0.25) is 5.91 Å². The quantitative estimate of drug-likeness (QED) is 0.661. The van der Waals surface area contributed by atoms with Gasteiger partial charge in [-0.15, -0.1) is 0 Å². The summed E-state index contributed by atoms with van der Waals surface area (Å²) in [6.45, 7) is 9.59. The minimum absolute atomic E-state index is 0.0212.